The number of aromatic nitrogens is 2. The summed E-state index contributed by atoms with van der Waals surface area (Å²) in [6.07, 6.45) is 3.66. The molecule has 0 radical (unpaired) electrons. The summed E-state index contributed by atoms with van der Waals surface area (Å²) in [5.41, 5.74) is 1.94. The largest absolute Gasteiger partial charge is 0.327 e. The van der Waals surface area contributed by atoms with Crippen LogP contribution in [0.4, 0.5) is 4.39 Å². The molecule has 0 amide bonds. The van der Waals surface area contributed by atoms with Gasteiger partial charge in [-0.1, -0.05) is 46.3 Å². The fourth-order valence-electron chi connectivity index (χ4n) is 2.18. The highest BCUT2D eigenvalue weighted by Gasteiger charge is 2.07. The van der Waals surface area contributed by atoms with Gasteiger partial charge >= 0.3 is 0 Å². The maximum absolute atomic E-state index is 13.4. The van der Waals surface area contributed by atoms with Gasteiger partial charge in [-0.25, -0.2) is 9.37 Å². The first kappa shape index (κ1) is 13.1. The standard InChI is InChI=1S/C16H12BrFN2/c17-14-8-12(9-15(18)10-14)11-20-7-6-19-16(20)13-4-2-1-3-5-13/h1-10H,11H2. The Morgan fingerprint density at radius 1 is 1.10 bits per heavy atom. The summed E-state index contributed by atoms with van der Waals surface area (Å²) < 4.78 is 16.2. The van der Waals surface area contributed by atoms with E-state index in [0.29, 0.717) is 6.54 Å². The Hall–Kier alpha value is -1.94. The fourth-order valence-corrected chi connectivity index (χ4v) is 2.70. The van der Waals surface area contributed by atoms with Gasteiger partial charge < -0.3 is 4.57 Å². The lowest BCUT2D eigenvalue weighted by atomic mass is 10.2. The molecular formula is C16H12BrFN2. The van der Waals surface area contributed by atoms with Crippen molar-refractivity contribution in [1.82, 2.24) is 9.55 Å². The third-order valence-corrected chi connectivity index (χ3v) is 3.48. The fraction of sp³-hybridized carbons (Fsp3) is 0.0625. The van der Waals surface area contributed by atoms with Gasteiger partial charge in [-0.3, -0.25) is 0 Å². The molecule has 0 aliphatic heterocycles. The molecule has 0 aliphatic rings. The van der Waals surface area contributed by atoms with Crippen molar-refractivity contribution in [3.05, 3.63) is 76.8 Å². The molecule has 0 aliphatic carbocycles. The minimum atomic E-state index is -0.240. The van der Waals surface area contributed by atoms with Crippen LogP contribution in [0.2, 0.25) is 0 Å². The van der Waals surface area contributed by atoms with E-state index in [4.69, 9.17) is 0 Å². The first-order valence-electron chi connectivity index (χ1n) is 6.24. The minimum absolute atomic E-state index is 0.240. The van der Waals surface area contributed by atoms with Crippen molar-refractivity contribution in [3.63, 3.8) is 0 Å². The van der Waals surface area contributed by atoms with Crippen molar-refractivity contribution >= 4 is 15.9 Å². The van der Waals surface area contributed by atoms with E-state index in [9.17, 15) is 4.39 Å². The maximum Gasteiger partial charge on any atom is 0.140 e. The van der Waals surface area contributed by atoms with Crippen LogP contribution in [0, 0.1) is 5.82 Å². The van der Waals surface area contributed by atoms with Crippen LogP contribution in [0.15, 0.2) is 65.4 Å². The molecule has 0 atom stereocenters. The molecule has 2 nitrogen and oxygen atoms in total. The zero-order valence-electron chi connectivity index (χ0n) is 10.6. The highest BCUT2D eigenvalue weighted by molar-refractivity contribution is 9.10. The molecule has 0 fully saturated rings. The molecule has 2 aromatic carbocycles. The van der Waals surface area contributed by atoms with Gasteiger partial charge in [0.25, 0.3) is 0 Å². The molecule has 3 aromatic rings. The van der Waals surface area contributed by atoms with Gasteiger partial charge in [0.1, 0.15) is 11.6 Å². The smallest absolute Gasteiger partial charge is 0.140 e. The molecular weight excluding hydrogens is 319 g/mol. The normalized spacial score (nSPS) is 10.7. The highest BCUT2D eigenvalue weighted by Crippen LogP contribution is 2.20. The Bertz CT molecular complexity index is 702. The lowest BCUT2D eigenvalue weighted by molar-refractivity contribution is 0.622. The van der Waals surface area contributed by atoms with E-state index < -0.39 is 0 Å². The van der Waals surface area contributed by atoms with E-state index in [2.05, 4.69) is 20.9 Å². The molecule has 0 saturated heterocycles. The van der Waals surface area contributed by atoms with E-state index in [-0.39, 0.29) is 5.82 Å². The summed E-state index contributed by atoms with van der Waals surface area (Å²) in [6, 6.07) is 14.9. The molecule has 3 rings (SSSR count). The average molecular weight is 331 g/mol. The van der Waals surface area contributed by atoms with Gasteiger partial charge in [0.15, 0.2) is 0 Å². The summed E-state index contributed by atoms with van der Waals surface area (Å²) in [4.78, 5) is 4.38. The molecule has 4 heteroatoms. The second kappa shape index (κ2) is 5.59. The highest BCUT2D eigenvalue weighted by atomic mass is 79.9. The van der Waals surface area contributed by atoms with Gasteiger partial charge in [-0.2, -0.15) is 0 Å². The summed E-state index contributed by atoms with van der Waals surface area (Å²) in [5.74, 6) is 0.640. The van der Waals surface area contributed by atoms with Crippen LogP contribution in [0.5, 0.6) is 0 Å². The quantitative estimate of drug-likeness (QED) is 0.691. The predicted octanol–water partition coefficient (Wildman–Crippen LogP) is 4.50. The van der Waals surface area contributed by atoms with E-state index in [1.165, 1.54) is 6.07 Å². The Morgan fingerprint density at radius 3 is 2.65 bits per heavy atom. The molecule has 0 spiro atoms. The molecule has 100 valence electrons. The average Bonchev–Trinajstić information content (AvgIpc) is 2.86. The predicted molar refractivity (Wildman–Crippen MR) is 80.9 cm³/mol. The Labute approximate surface area is 125 Å². The molecule has 20 heavy (non-hydrogen) atoms. The van der Waals surface area contributed by atoms with Crippen molar-refractivity contribution < 1.29 is 4.39 Å². The van der Waals surface area contributed by atoms with Crippen molar-refractivity contribution in [2.75, 3.05) is 0 Å². The molecule has 0 saturated carbocycles. The van der Waals surface area contributed by atoms with Crippen molar-refractivity contribution in [2.45, 2.75) is 6.54 Å². The van der Waals surface area contributed by atoms with Crippen LogP contribution in [0.3, 0.4) is 0 Å². The first-order valence-corrected chi connectivity index (χ1v) is 7.03. The monoisotopic (exact) mass is 330 g/mol. The third-order valence-electron chi connectivity index (χ3n) is 3.02. The zero-order valence-corrected chi connectivity index (χ0v) is 12.2. The molecule has 1 aromatic heterocycles. The summed E-state index contributed by atoms with van der Waals surface area (Å²) >= 11 is 3.32. The SMILES string of the molecule is Fc1cc(Br)cc(Cn2ccnc2-c2ccccc2)c1. The first-order chi connectivity index (χ1) is 9.72. The molecule has 1 heterocycles. The van der Waals surface area contributed by atoms with Crippen LogP contribution in [-0.2, 0) is 6.54 Å². The number of hydrogen-bond acceptors (Lipinski definition) is 1. The Kier molecular flexibility index (Phi) is 3.65. The third kappa shape index (κ3) is 2.80. The number of halogens is 2. The lowest BCUT2D eigenvalue weighted by Gasteiger charge is -2.08. The van der Waals surface area contributed by atoms with Gasteiger partial charge in [-0.15, -0.1) is 0 Å². The second-order valence-electron chi connectivity index (χ2n) is 4.52. The minimum Gasteiger partial charge on any atom is -0.327 e. The Morgan fingerprint density at radius 2 is 1.90 bits per heavy atom. The lowest BCUT2D eigenvalue weighted by Crippen LogP contribution is -2.01. The summed E-state index contributed by atoms with van der Waals surface area (Å²) in [5, 5.41) is 0. The topological polar surface area (TPSA) is 17.8 Å². The van der Waals surface area contributed by atoms with E-state index in [1.807, 2.05) is 47.2 Å². The number of nitrogens with zero attached hydrogens (tertiary/aromatic N) is 2. The Balaban J connectivity index is 1.94. The number of benzene rings is 2. The maximum atomic E-state index is 13.4. The van der Waals surface area contributed by atoms with Gasteiger partial charge in [0.05, 0.1) is 0 Å². The van der Waals surface area contributed by atoms with Crippen LogP contribution in [-0.4, -0.2) is 9.55 Å². The number of rotatable bonds is 3. The van der Waals surface area contributed by atoms with Gasteiger partial charge in [0, 0.05) is 29.0 Å². The van der Waals surface area contributed by atoms with Crippen molar-refractivity contribution in [2.24, 2.45) is 0 Å². The van der Waals surface area contributed by atoms with Crippen LogP contribution in [0.1, 0.15) is 5.56 Å². The zero-order chi connectivity index (χ0) is 13.9. The second-order valence-corrected chi connectivity index (χ2v) is 5.44. The summed E-state index contributed by atoms with van der Waals surface area (Å²) in [6.45, 7) is 0.584. The van der Waals surface area contributed by atoms with Crippen molar-refractivity contribution in [3.8, 4) is 11.4 Å². The van der Waals surface area contributed by atoms with E-state index >= 15 is 0 Å². The van der Waals surface area contributed by atoms with E-state index in [1.54, 1.807) is 12.3 Å². The van der Waals surface area contributed by atoms with Gasteiger partial charge in [0.2, 0.25) is 0 Å². The molecule has 0 unspecified atom stereocenters. The number of hydrogen-bond donors (Lipinski definition) is 0. The summed E-state index contributed by atoms with van der Waals surface area (Å²) in [7, 11) is 0. The molecule has 0 bridgehead atoms. The van der Waals surface area contributed by atoms with Gasteiger partial charge in [-0.05, 0) is 23.8 Å². The van der Waals surface area contributed by atoms with Crippen LogP contribution >= 0.6 is 15.9 Å². The van der Waals surface area contributed by atoms with Crippen LogP contribution < -0.4 is 0 Å². The van der Waals surface area contributed by atoms with Crippen molar-refractivity contribution in [1.29, 1.82) is 0 Å². The van der Waals surface area contributed by atoms with E-state index in [0.717, 1.165) is 21.4 Å². The number of imidazole rings is 1. The molecule has 0 N–H and O–H groups in total. The van der Waals surface area contributed by atoms with Crippen LogP contribution in [0.25, 0.3) is 11.4 Å².